The van der Waals surface area contributed by atoms with E-state index in [9.17, 15) is 4.79 Å². The number of carbonyl (C=O) groups excluding carboxylic acids is 1. The van der Waals surface area contributed by atoms with E-state index in [0.717, 1.165) is 43.5 Å². The average Bonchev–Trinajstić information content (AvgIpc) is 3.24. The van der Waals surface area contributed by atoms with Gasteiger partial charge in [-0.3, -0.25) is 4.90 Å². The number of benzene rings is 4. The third-order valence-electron chi connectivity index (χ3n) is 9.16. The van der Waals surface area contributed by atoms with Crippen molar-refractivity contribution in [1.29, 1.82) is 0 Å². The van der Waals surface area contributed by atoms with E-state index in [0.29, 0.717) is 26.2 Å². The number of unbranched alkanes of at least 4 members (excludes halogenated alkanes) is 1. The van der Waals surface area contributed by atoms with Crippen LogP contribution in [0.5, 0.6) is 5.75 Å². The number of esters is 1. The smallest absolute Gasteiger partial charge is 0.335 e. The number of rotatable bonds is 16. The molecule has 0 saturated carbocycles. The Bertz CT molecular complexity index is 1570. The van der Waals surface area contributed by atoms with Crippen LogP contribution in [-0.2, 0) is 46.4 Å². The van der Waals surface area contributed by atoms with Crippen molar-refractivity contribution in [2.24, 2.45) is 0 Å². The Morgan fingerprint density at radius 3 is 2.28 bits per heavy atom. The van der Waals surface area contributed by atoms with Gasteiger partial charge in [0.15, 0.2) is 6.10 Å². The van der Waals surface area contributed by atoms with Gasteiger partial charge in [0, 0.05) is 19.6 Å². The molecule has 4 aromatic carbocycles. The maximum atomic E-state index is 12.3. The Kier molecular flexibility index (Phi) is 12.7. The van der Waals surface area contributed by atoms with Crippen molar-refractivity contribution in [3.05, 3.63) is 136 Å². The van der Waals surface area contributed by atoms with Crippen LogP contribution in [0.3, 0.4) is 0 Å². The van der Waals surface area contributed by atoms with E-state index in [2.05, 4.69) is 85.6 Å². The molecule has 0 heterocycles. The molecule has 0 aromatic heterocycles. The second kappa shape index (κ2) is 17.3. The van der Waals surface area contributed by atoms with Gasteiger partial charge in [-0.2, -0.15) is 0 Å². The molecule has 0 bridgehead atoms. The van der Waals surface area contributed by atoms with E-state index < -0.39 is 6.10 Å². The number of carbonyl (C=O) groups is 1. The highest BCUT2D eigenvalue weighted by atomic mass is 16.6. The number of aryl methyl sites for hydroxylation is 3. The molecule has 0 radical (unpaired) electrons. The predicted octanol–water partition coefficient (Wildman–Crippen LogP) is 8.33. The van der Waals surface area contributed by atoms with Crippen molar-refractivity contribution in [2.75, 3.05) is 33.4 Å². The minimum Gasteiger partial charge on any atom is -0.492 e. The second-order valence-electron chi connectivity index (χ2n) is 12.6. The van der Waals surface area contributed by atoms with Gasteiger partial charge in [-0.25, -0.2) is 4.79 Å². The van der Waals surface area contributed by atoms with Gasteiger partial charge in [0.1, 0.15) is 12.4 Å². The van der Waals surface area contributed by atoms with E-state index >= 15 is 0 Å². The van der Waals surface area contributed by atoms with Crippen molar-refractivity contribution in [3.63, 3.8) is 0 Å². The zero-order chi connectivity index (χ0) is 33.0. The molecule has 0 saturated heterocycles. The Labute approximate surface area is 281 Å². The van der Waals surface area contributed by atoms with Gasteiger partial charge in [0.25, 0.3) is 0 Å². The molecule has 0 amide bonds. The zero-order valence-corrected chi connectivity index (χ0v) is 28.7. The van der Waals surface area contributed by atoms with E-state index in [4.69, 9.17) is 14.2 Å². The van der Waals surface area contributed by atoms with Crippen LogP contribution in [0.4, 0.5) is 0 Å². The summed E-state index contributed by atoms with van der Waals surface area (Å²) in [5.74, 6) is 0.504. The molecule has 248 valence electrons. The van der Waals surface area contributed by atoms with Gasteiger partial charge in [-0.15, -0.1) is 0 Å². The molecule has 0 aliphatic heterocycles. The first-order valence-corrected chi connectivity index (χ1v) is 17.5. The van der Waals surface area contributed by atoms with E-state index in [1.807, 2.05) is 38.1 Å². The highest BCUT2D eigenvalue weighted by Gasteiger charge is 2.28. The second-order valence-corrected chi connectivity index (χ2v) is 12.6. The normalized spacial score (nSPS) is 14.6. The van der Waals surface area contributed by atoms with Gasteiger partial charge in [0.2, 0.25) is 0 Å². The Morgan fingerprint density at radius 1 is 0.787 bits per heavy atom. The molecule has 47 heavy (non-hydrogen) atoms. The fraction of sp³-hybridized carbons (Fsp3) is 0.405. The summed E-state index contributed by atoms with van der Waals surface area (Å²) in [5.41, 5.74) is 10.9. The molecular weight excluding hydrogens is 582 g/mol. The van der Waals surface area contributed by atoms with Gasteiger partial charge in [0.05, 0.1) is 12.6 Å². The van der Waals surface area contributed by atoms with Gasteiger partial charge >= 0.3 is 5.97 Å². The molecule has 5 nitrogen and oxygen atoms in total. The highest BCUT2D eigenvalue weighted by Crippen LogP contribution is 2.37. The number of hydrogen-bond acceptors (Lipinski definition) is 5. The summed E-state index contributed by atoms with van der Waals surface area (Å²) >= 11 is 0. The fourth-order valence-corrected chi connectivity index (χ4v) is 6.68. The highest BCUT2D eigenvalue weighted by molar-refractivity contribution is 5.75. The van der Waals surface area contributed by atoms with Crippen LogP contribution >= 0.6 is 0 Å². The molecule has 2 unspecified atom stereocenters. The van der Waals surface area contributed by atoms with Crippen LogP contribution in [0.1, 0.15) is 84.2 Å². The lowest BCUT2D eigenvalue weighted by Gasteiger charge is -2.31. The number of ether oxygens (including phenoxy) is 3. The van der Waals surface area contributed by atoms with E-state index in [-0.39, 0.29) is 12.0 Å². The largest absolute Gasteiger partial charge is 0.492 e. The van der Waals surface area contributed by atoms with E-state index in [1.54, 1.807) is 0 Å². The molecule has 5 heteroatoms. The molecule has 1 aliphatic rings. The molecule has 0 fully saturated rings. The maximum Gasteiger partial charge on any atom is 0.335 e. The van der Waals surface area contributed by atoms with Gasteiger partial charge in [-0.1, -0.05) is 92.2 Å². The number of hydrogen-bond donors (Lipinski definition) is 0. The first-order valence-electron chi connectivity index (χ1n) is 17.5. The fourth-order valence-electron chi connectivity index (χ4n) is 6.68. The molecule has 4 aromatic rings. The quantitative estimate of drug-likeness (QED) is 0.116. The van der Waals surface area contributed by atoms with Crippen molar-refractivity contribution < 1.29 is 19.0 Å². The summed E-state index contributed by atoms with van der Waals surface area (Å²) in [5, 5.41) is 0. The first kappa shape index (κ1) is 34.4. The summed E-state index contributed by atoms with van der Waals surface area (Å²) in [6, 6.07) is 33.3. The summed E-state index contributed by atoms with van der Waals surface area (Å²) in [4.78, 5) is 14.8. The monoisotopic (exact) mass is 633 g/mol. The molecular formula is C42H51NO4. The van der Waals surface area contributed by atoms with Crippen LogP contribution in [-0.4, -0.2) is 50.4 Å². The predicted molar refractivity (Wildman–Crippen MR) is 190 cm³/mol. The topological polar surface area (TPSA) is 48.0 Å². The molecule has 5 rings (SSSR count). The van der Waals surface area contributed by atoms with Crippen molar-refractivity contribution in [3.8, 4) is 5.75 Å². The minimum atomic E-state index is -0.595. The van der Waals surface area contributed by atoms with Crippen LogP contribution in [0.25, 0.3) is 0 Å². The molecule has 1 aliphatic carbocycles. The summed E-state index contributed by atoms with van der Waals surface area (Å²) < 4.78 is 17.1. The summed E-state index contributed by atoms with van der Waals surface area (Å²) in [6.07, 6.45) is 6.46. The average molecular weight is 634 g/mol. The van der Waals surface area contributed by atoms with Gasteiger partial charge < -0.3 is 14.2 Å². The van der Waals surface area contributed by atoms with Crippen LogP contribution in [0, 0.1) is 0 Å². The van der Waals surface area contributed by atoms with Crippen LogP contribution < -0.4 is 4.74 Å². The van der Waals surface area contributed by atoms with Gasteiger partial charge in [-0.05, 0) is 110 Å². The number of fused-ring (bicyclic) bond motifs is 2. The van der Waals surface area contributed by atoms with E-state index in [1.165, 1.54) is 51.8 Å². The summed E-state index contributed by atoms with van der Waals surface area (Å²) in [6.45, 7) is 8.12. The minimum absolute atomic E-state index is 0.166. The Hall–Kier alpha value is -3.93. The molecule has 0 N–H and O–H groups in total. The Balaban J connectivity index is 1.31. The number of likely N-dealkylation sites (N-methyl/N-ethyl adjacent to an activating group) is 1. The van der Waals surface area contributed by atoms with Crippen molar-refractivity contribution in [1.82, 2.24) is 4.90 Å². The summed E-state index contributed by atoms with van der Waals surface area (Å²) in [7, 11) is 2.23. The first-order chi connectivity index (χ1) is 23.0. The maximum absolute atomic E-state index is 12.3. The SMILES string of the molecule is CCCCc1ccc2c(c1)C(N(C)CCOc1ccc(CC(OCC)C(=O)OCC)cc1)c1ccc(Cc3ccccc3)cc1CC2. The third-order valence-corrected chi connectivity index (χ3v) is 9.16. The van der Waals surface area contributed by atoms with Crippen molar-refractivity contribution in [2.45, 2.75) is 77.9 Å². The number of nitrogens with zero attached hydrogens (tertiary/aromatic N) is 1. The molecule has 0 spiro atoms. The van der Waals surface area contributed by atoms with Crippen LogP contribution in [0.15, 0.2) is 91.0 Å². The molecule has 2 atom stereocenters. The van der Waals surface area contributed by atoms with Crippen LogP contribution in [0.2, 0.25) is 0 Å². The van der Waals surface area contributed by atoms with Crippen molar-refractivity contribution >= 4 is 5.97 Å². The standard InChI is InChI=1S/C42H51NO4/c1-5-8-12-32-15-19-35-20-21-36-28-34(27-31-13-10-9-11-14-31)18-24-38(36)41(39(35)29-32)43(4)25-26-47-37-22-16-33(17-23-37)30-40(45-6-2)42(44)46-7-3/h9-11,13-19,22-24,28-29,40-41H,5-8,12,20-21,25-27,30H2,1-4H3. The zero-order valence-electron chi connectivity index (χ0n) is 28.7. The lowest BCUT2D eigenvalue weighted by Crippen LogP contribution is -2.30. The Morgan fingerprint density at radius 2 is 1.53 bits per heavy atom. The lowest BCUT2D eigenvalue weighted by atomic mass is 9.90. The third kappa shape index (κ3) is 9.33. The lowest BCUT2D eigenvalue weighted by molar-refractivity contribution is -0.156.